The molecular formula is C30H19BN2. The third-order valence-electron chi connectivity index (χ3n) is 6.60. The number of hydrogen-bond donors (Lipinski definition) is 0. The Morgan fingerprint density at radius 2 is 0.697 bits per heavy atom. The summed E-state index contributed by atoms with van der Waals surface area (Å²) in [5.41, 5.74) is 7.57. The van der Waals surface area contributed by atoms with Crippen molar-refractivity contribution < 1.29 is 0 Å². The van der Waals surface area contributed by atoms with Gasteiger partial charge < -0.3 is 9.13 Å². The molecule has 0 unspecified atom stereocenters. The SMILES string of the molecule is [B]c1cc(-n2c3ccccc3c3ccccc32)cc(-n2c3ccccc3c3ccccc32)c1. The lowest BCUT2D eigenvalue weighted by Crippen LogP contribution is -2.09. The van der Waals surface area contributed by atoms with Crippen LogP contribution in [0.5, 0.6) is 0 Å². The second-order valence-electron chi connectivity index (χ2n) is 8.52. The minimum Gasteiger partial charge on any atom is -0.309 e. The van der Waals surface area contributed by atoms with Gasteiger partial charge in [-0.05, 0) is 42.5 Å². The fourth-order valence-electron chi connectivity index (χ4n) is 5.28. The second kappa shape index (κ2) is 6.88. The van der Waals surface area contributed by atoms with Gasteiger partial charge in [0.25, 0.3) is 0 Å². The zero-order valence-electron chi connectivity index (χ0n) is 17.9. The molecule has 152 valence electrons. The van der Waals surface area contributed by atoms with E-state index in [4.69, 9.17) is 7.85 Å². The Kier molecular flexibility index (Phi) is 3.83. The van der Waals surface area contributed by atoms with Crippen molar-refractivity contribution in [3.63, 3.8) is 0 Å². The van der Waals surface area contributed by atoms with Crippen LogP contribution in [0.4, 0.5) is 0 Å². The lowest BCUT2D eigenvalue weighted by Gasteiger charge is -2.14. The highest BCUT2D eigenvalue weighted by Crippen LogP contribution is 2.34. The summed E-state index contributed by atoms with van der Waals surface area (Å²) in [4.78, 5) is 0. The number of nitrogens with zero attached hydrogens (tertiary/aromatic N) is 2. The first-order chi connectivity index (χ1) is 16.3. The van der Waals surface area contributed by atoms with Gasteiger partial charge in [0.05, 0.1) is 22.1 Å². The highest BCUT2D eigenvalue weighted by Gasteiger charge is 2.15. The molecule has 3 heteroatoms. The quantitative estimate of drug-likeness (QED) is 0.278. The van der Waals surface area contributed by atoms with E-state index in [-0.39, 0.29) is 0 Å². The molecule has 0 aliphatic heterocycles. The summed E-state index contributed by atoms with van der Waals surface area (Å²) in [5, 5.41) is 4.98. The van der Waals surface area contributed by atoms with E-state index in [9.17, 15) is 0 Å². The molecule has 0 atom stereocenters. The van der Waals surface area contributed by atoms with Crippen LogP contribution in [-0.4, -0.2) is 17.0 Å². The second-order valence-corrected chi connectivity index (χ2v) is 8.52. The molecule has 33 heavy (non-hydrogen) atoms. The first kappa shape index (κ1) is 18.3. The van der Waals surface area contributed by atoms with Crippen LogP contribution in [0, 0.1) is 0 Å². The van der Waals surface area contributed by atoms with Gasteiger partial charge in [-0.15, -0.1) is 0 Å². The van der Waals surface area contributed by atoms with Crippen LogP contribution in [0.15, 0.2) is 115 Å². The van der Waals surface area contributed by atoms with Crippen molar-refractivity contribution in [1.82, 2.24) is 9.13 Å². The fraction of sp³-hybridized carbons (Fsp3) is 0. The number of para-hydroxylation sites is 4. The van der Waals surface area contributed by atoms with Crippen molar-refractivity contribution in [3.8, 4) is 11.4 Å². The molecule has 0 saturated carbocycles. The Hall–Kier alpha value is -4.24. The van der Waals surface area contributed by atoms with Crippen molar-refractivity contribution in [2.45, 2.75) is 0 Å². The summed E-state index contributed by atoms with van der Waals surface area (Å²) in [7, 11) is 6.52. The van der Waals surface area contributed by atoms with Crippen LogP contribution in [0.25, 0.3) is 55.0 Å². The molecule has 2 heterocycles. The standard InChI is InChI=1S/C30H19BN2/c31-20-17-21(32-27-13-5-1-9-23(27)24-10-2-6-14-28(24)32)19-22(18-20)33-29-15-7-3-11-25(29)26-12-4-8-16-30(26)33/h1-19H. The van der Waals surface area contributed by atoms with Crippen molar-refractivity contribution >= 4 is 56.9 Å². The van der Waals surface area contributed by atoms with Gasteiger partial charge in [-0.2, -0.15) is 0 Å². The van der Waals surface area contributed by atoms with Crippen LogP contribution >= 0.6 is 0 Å². The zero-order chi connectivity index (χ0) is 21.9. The van der Waals surface area contributed by atoms with Crippen LogP contribution in [-0.2, 0) is 0 Å². The third kappa shape index (κ3) is 2.63. The molecular weight excluding hydrogens is 399 g/mol. The Balaban J connectivity index is 1.58. The highest BCUT2D eigenvalue weighted by atomic mass is 15.0. The van der Waals surface area contributed by atoms with Crippen molar-refractivity contribution in [1.29, 1.82) is 0 Å². The third-order valence-corrected chi connectivity index (χ3v) is 6.60. The van der Waals surface area contributed by atoms with E-state index >= 15 is 0 Å². The Morgan fingerprint density at radius 3 is 1.03 bits per heavy atom. The van der Waals surface area contributed by atoms with Crippen LogP contribution in [0.3, 0.4) is 0 Å². The molecule has 5 aromatic carbocycles. The molecule has 0 spiro atoms. The first-order valence-electron chi connectivity index (χ1n) is 11.2. The highest BCUT2D eigenvalue weighted by molar-refractivity contribution is 6.32. The number of fused-ring (bicyclic) bond motifs is 6. The van der Waals surface area contributed by atoms with E-state index in [2.05, 4.69) is 124 Å². The van der Waals surface area contributed by atoms with Crippen molar-refractivity contribution in [2.24, 2.45) is 0 Å². The molecule has 0 bridgehead atoms. The van der Waals surface area contributed by atoms with Gasteiger partial charge in [-0.3, -0.25) is 0 Å². The lowest BCUT2D eigenvalue weighted by atomic mass is 9.95. The van der Waals surface area contributed by atoms with E-state index in [1.54, 1.807) is 0 Å². The van der Waals surface area contributed by atoms with Crippen LogP contribution in [0.1, 0.15) is 0 Å². The smallest absolute Gasteiger partial charge is 0.114 e. The molecule has 7 rings (SSSR count). The van der Waals surface area contributed by atoms with Crippen molar-refractivity contribution in [2.75, 3.05) is 0 Å². The molecule has 0 amide bonds. The topological polar surface area (TPSA) is 9.86 Å². The first-order valence-corrected chi connectivity index (χ1v) is 11.2. The normalized spacial score (nSPS) is 11.8. The summed E-state index contributed by atoms with van der Waals surface area (Å²) < 4.78 is 4.64. The minimum atomic E-state index is 0.742. The molecule has 7 aromatic rings. The molecule has 0 fully saturated rings. The molecule has 0 saturated heterocycles. The predicted octanol–water partition coefficient (Wildman–Crippen LogP) is 6.67. The molecule has 2 aromatic heterocycles. The van der Waals surface area contributed by atoms with E-state index in [1.807, 2.05) is 0 Å². The maximum absolute atomic E-state index is 6.52. The van der Waals surface area contributed by atoms with Gasteiger partial charge in [-0.1, -0.05) is 78.3 Å². The summed E-state index contributed by atoms with van der Waals surface area (Å²) in [6.07, 6.45) is 0. The fourth-order valence-corrected chi connectivity index (χ4v) is 5.28. The Bertz CT molecular complexity index is 1600. The Morgan fingerprint density at radius 1 is 0.394 bits per heavy atom. The van der Waals surface area contributed by atoms with E-state index in [1.165, 1.54) is 43.6 Å². The average Bonchev–Trinajstić information content (AvgIpc) is 3.37. The van der Waals surface area contributed by atoms with E-state index in [0.717, 1.165) is 16.8 Å². The summed E-state index contributed by atoms with van der Waals surface area (Å²) >= 11 is 0. The lowest BCUT2D eigenvalue weighted by molar-refractivity contribution is 1.14. The maximum atomic E-state index is 6.52. The Labute approximate surface area is 192 Å². The number of aromatic nitrogens is 2. The largest absolute Gasteiger partial charge is 0.309 e. The molecule has 0 aliphatic carbocycles. The number of hydrogen-bond acceptors (Lipinski definition) is 0. The molecule has 2 radical (unpaired) electrons. The monoisotopic (exact) mass is 418 g/mol. The summed E-state index contributed by atoms with van der Waals surface area (Å²) in [5.74, 6) is 0. The van der Waals surface area contributed by atoms with Gasteiger partial charge in [0, 0.05) is 32.9 Å². The van der Waals surface area contributed by atoms with Crippen LogP contribution < -0.4 is 5.46 Å². The van der Waals surface area contributed by atoms with Crippen molar-refractivity contribution in [3.05, 3.63) is 115 Å². The zero-order valence-corrected chi connectivity index (χ0v) is 17.9. The minimum absolute atomic E-state index is 0.742. The predicted molar refractivity (Wildman–Crippen MR) is 141 cm³/mol. The summed E-state index contributed by atoms with van der Waals surface area (Å²) in [6.45, 7) is 0. The number of benzene rings is 5. The molecule has 2 nitrogen and oxygen atoms in total. The van der Waals surface area contributed by atoms with Gasteiger partial charge in [-0.25, -0.2) is 0 Å². The summed E-state index contributed by atoms with van der Waals surface area (Å²) in [6, 6.07) is 40.6. The van der Waals surface area contributed by atoms with Gasteiger partial charge in [0.15, 0.2) is 0 Å². The average molecular weight is 418 g/mol. The number of rotatable bonds is 2. The van der Waals surface area contributed by atoms with E-state index < -0.39 is 0 Å². The maximum Gasteiger partial charge on any atom is 0.114 e. The van der Waals surface area contributed by atoms with Crippen LogP contribution in [0.2, 0.25) is 0 Å². The van der Waals surface area contributed by atoms with Gasteiger partial charge in [0.1, 0.15) is 7.85 Å². The molecule has 0 aliphatic rings. The van der Waals surface area contributed by atoms with Gasteiger partial charge >= 0.3 is 0 Å². The molecule has 0 N–H and O–H groups in total. The van der Waals surface area contributed by atoms with Gasteiger partial charge in [0.2, 0.25) is 0 Å². The van der Waals surface area contributed by atoms with E-state index in [0.29, 0.717) is 0 Å².